The number of aromatic nitrogens is 1. The molecule has 1 saturated heterocycles. The number of nitrogens with zero attached hydrogens (tertiary/aromatic N) is 1. The molecule has 0 saturated carbocycles. The van der Waals surface area contributed by atoms with Crippen LogP contribution in [0.5, 0.6) is 0 Å². The van der Waals surface area contributed by atoms with Gasteiger partial charge in [0.05, 0.1) is 0 Å². The molecule has 1 aromatic heterocycles. The molecule has 3 nitrogen and oxygen atoms in total. The van der Waals surface area contributed by atoms with Gasteiger partial charge in [-0.2, -0.15) is 0 Å². The summed E-state index contributed by atoms with van der Waals surface area (Å²) in [6.07, 6.45) is 3.34. The minimum absolute atomic E-state index is 0.159. The number of amides is 1. The number of carbonyl (C=O) groups is 1. The number of rotatable bonds is 1. The quantitative estimate of drug-likeness (QED) is 0.695. The van der Waals surface area contributed by atoms with Gasteiger partial charge in [0.1, 0.15) is 0 Å². The van der Waals surface area contributed by atoms with E-state index in [4.69, 9.17) is 0 Å². The first-order valence-corrected chi connectivity index (χ1v) is 4.54. The monoisotopic (exact) mass is 176 g/mol. The van der Waals surface area contributed by atoms with E-state index in [0.717, 1.165) is 18.7 Å². The van der Waals surface area contributed by atoms with Crippen LogP contribution in [-0.4, -0.2) is 17.4 Å². The molecule has 1 aromatic rings. The molecule has 1 amide bonds. The lowest BCUT2D eigenvalue weighted by molar-refractivity contribution is -0.122. The Bertz CT molecular complexity index is 287. The molecule has 0 spiro atoms. The average Bonchev–Trinajstić information content (AvgIpc) is 2.20. The molecule has 68 valence electrons. The largest absolute Gasteiger partial charge is 0.355 e. The van der Waals surface area contributed by atoms with E-state index in [-0.39, 0.29) is 5.91 Å². The van der Waals surface area contributed by atoms with Crippen molar-refractivity contribution < 1.29 is 4.79 Å². The van der Waals surface area contributed by atoms with Crippen LogP contribution in [0.15, 0.2) is 24.4 Å². The molecule has 1 aliphatic heterocycles. The Kier molecular flexibility index (Phi) is 2.25. The van der Waals surface area contributed by atoms with Crippen molar-refractivity contribution in [1.29, 1.82) is 0 Å². The fourth-order valence-electron chi connectivity index (χ4n) is 1.60. The van der Waals surface area contributed by atoms with Crippen LogP contribution in [0.2, 0.25) is 0 Å². The first kappa shape index (κ1) is 8.23. The fourth-order valence-corrected chi connectivity index (χ4v) is 1.60. The fraction of sp³-hybridized carbons (Fsp3) is 0.400. The third-order valence-corrected chi connectivity index (χ3v) is 2.37. The van der Waals surface area contributed by atoms with Gasteiger partial charge in [0, 0.05) is 30.8 Å². The van der Waals surface area contributed by atoms with E-state index < -0.39 is 0 Å². The van der Waals surface area contributed by atoms with Gasteiger partial charge in [0.15, 0.2) is 0 Å². The highest BCUT2D eigenvalue weighted by molar-refractivity contribution is 5.76. The van der Waals surface area contributed by atoms with Crippen LogP contribution >= 0.6 is 0 Å². The van der Waals surface area contributed by atoms with Crippen molar-refractivity contribution in [3.63, 3.8) is 0 Å². The molecule has 0 bridgehead atoms. The molecule has 1 atom stereocenters. The summed E-state index contributed by atoms with van der Waals surface area (Å²) in [7, 11) is 0. The lowest BCUT2D eigenvalue weighted by Crippen LogP contribution is -2.33. The van der Waals surface area contributed by atoms with Gasteiger partial charge < -0.3 is 5.32 Å². The zero-order valence-corrected chi connectivity index (χ0v) is 7.36. The van der Waals surface area contributed by atoms with E-state index in [2.05, 4.69) is 10.3 Å². The molecule has 1 unspecified atom stereocenters. The maximum Gasteiger partial charge on any atom is 0.220 e. The summed E-state index contributed by atoms with van der Waals surface area (Å²) in [6, 6.07) is 5.91. The zero-order chi connectivity index (χ0) is 9.10. The minimum Gasteiger partial charge on any atom is -0.355 e. The average molecular weight is 176 g/mol. The predicted molar refractivity (Wildman–Crippen MR) is 49.2 cm³/mol. The molecule has 0 aliphatic carbocycles. The van der Waals surface area contributed by atoms with Gasteiger partial charge in [-0.1, -0.05) is 6.07 Å². The van der Waals surface area contributed by atoms with Crippen LogP contribution in [-0.2, 0) is 4.79 Å². The van der Waals surface area contributed by atoms with Crippen LogP contribution in [0, 0.1) is 0 Å². The second kappa shape index (κ2) is 3.56. The zero-order valence-electron chi connectivity index (χ0n) is 7.36. The molecule has 1 N–H and O–H groups in total. The van der Waals surface area contributed by atoms with Crippen molar-refractivity contribution in [3.8, 4) is 0 Å². The summed E-state index contributed by atoms with van der Waals surface area (Å²) < 4.78 is 0. The van der Waals surface area contributed by atoms with Crippen molar-refractivity contribution >= 4 is 5.91 Å². The van der Waals surface area contributed by atoms with E-state index in [0.29, 0.717) is 12.3 Å². The molecular formula is C10H12N2O. The Hall–Kier alpha value is -1.38. The van der Waals surface area contributed by atoms with Crippen LogP contribution in [0.25, 0.3) is 0 Å². The lowest BCUT2D eigenvalue weighted by atomic mass is 9.95. The highest BCUT2D eigenvalue weighted by Crippen LogP contribution is 2.20. The summed E-state index contributed by atoms with van der Waals surface area (Å²) in [4.78, 5) is 15.2. The summed E-state index contributed by atoms with van der Waals surface area (Å²) in [5.41, 5.74) is 1.09. The molecular weight excluding hydrogens is 164 g/mol. The van der Waals surface area contributed by atoms with Crippen molar-refractivity contribution in [2.24, 2.45) is 0 Å². The Morgan fingerprint density at radius 2 is 2.38 bits per heavy atom. The Labute approximate surface area is 77.2 Å². The van der Waals surface area contributed by atoms with Crippen molar-refractivity contribution in [2.75, 3.05) is 6.54 Å². The number of piperidine rings is 1. The van der Waals surface area contributed by atoms with Gasteiger partial charge in [-0.05, 0) is 18.6 Å². The Balaban J connectivity index is 2.07. The molecule has 0 radical (unpaired) electrons. The van der Waals surface area contributed by atoms with Crippen LogP contribution in [0.4, 0.5) is 0 Å². The summed E-state index contributed by atoms with van der Waals surface area (Å²) in [6.45, 7) is 0.732. The second-order valence-corrected chi connectivity index (χ2v) is 3.29. The summed E-state index contributed by atoms with van der Waals surface area (Å²) in [5, 5.41) is 2.85. The highest BCUT2D eigenvalue weighted by Gasteiger charge is 2.19. The smallest absolute Gasteiger partial charge is 0.220 e. The number of pyridine rings is 1. The van der Waals surface area contributed by atoms with Crippen molar-refractivity contribution in [2.45, 2.75) is 18.8 Å². The van der Waals surface area contributed by atoms with E-state index in [9.17, 15) is 4.79 Å². The van der Waals surface area contributed by atoms with Crippen LogP contribution in [0.3, 0.4) is 0 Å². The molecule has 1 aliphatic rings. The van der Waals surface area contributed by atoms with Gasteiger partial charge in [-0.15, -0.1) is 0 Å². The topological polar surface area (TPSA) is 42.0 Å². The van der Waals surface area contributed by atoms with Gasteiger partial charge in [0.25, 0.3) is 0 Å². The van der Waals surface area contributed by atoms with Gasteiger partial charge in [-0.3, -0.25) is 9.78 Å². The normalized spacial score (nSPS) is 22.5. The standard InChI is InChI=1S/C10H12N2O/c13-10-5-4-8(7-12-10)9-3-1-2-6-11-9/h1-3,6,8H,4-5,7H2,(H,12,13). The molecule has 0 aromatic carbocycles. The minimum atomic E-state index is 0.159. The van der Waals surface area contributed by atoms with Gasteiger partial charge >= 0.3 is 0 Å². The molecule has 13 heavy (non-hydrogen) atoms. The highest BCUT2D eigenvalue weighted by atomic mass is 16.1. The van der Waals surface area contributed by atoms with Gasteiger partial charge in [0.2, 0.25) is 5.91 Å². The maximum absolute atomic E-state index is 10.9. The van der Waals surface area contributed by atoms with E-state index in [1.807, 2.05) is 18.2 Å². The number of hydrogen-bond donors (Lipinski definition) is 1. The Morgan fingerprint density at radius 3 is 3.00 bits per heavy atom. The number of carbonyl (C=O) groups excluding carboxylic acids is 1. The van der Waals surface area contributed by atoms with Crippen LogP contribution in [0.1, 0.15) is 24.5 Å². The third kappa shape index (κ3) is 1.86. The molecule has 1 fully saturated rings. The van der Waals surface area contributed by atoms with E-state index >= 15 is 0 Å². The number of hydrogen-bond acceptors (Lipinski definition) is 2. The first-order chi connectivity index (χ1) is 6.36. The van der Waals surface area contributed by atoms with E-state index in [1.165, 1.54) is 0 Å². The SMILES string of the molecule is O=C1CCC(c2ccccn2)CN1. The maximum atomic E-state index is 10.9. The lowest BCUT2D eigenvalue weighted by Gasteiger charge is -2.21. The second-order valence-electron chi connectivity index (χ2n) is 3.29. The first-order valence-electron chi connectivity index (χ1n) is 4.54. The van der Waals surface area contributed by atoms with Crippen molar-refractivity contribution in [3.05, 3.63) is 30.1 Å². The number of nitrogens with one attached hydrogen (secondary N) is 1. The summed E-state index contributed by atoms with van der Waals surface area (Å²) >= 11 is 0. The predicted octanol–water partition coefficient (Wildman–Crippen LogP) is 1.08. The molecule has 3 heteroatoms. The third-order valence-electron chi connectivity index (χ3n) is 2.37. The van der Waals surface area contributed by atoms with E-state index in [1.54, 1.807) is 6.20 Å². The van der Waals surface area contributed by atoms with Gasteiger partial charge in [-0.25, -0.2) is 0 Å². The van der Waals surface area contributed by atoms with Crippen LogP contribution < -0.4 is 5.32 Å². The molecule has 2 rings (SSSR count). The summed E-state index contributed by atoms with van der Waals surface area (Å²) in [5.74, 6) is 0.561. The Morgan fingerprint density at radius 1 is 1.46 bits per heavy atom. The van der Waals surface area contributed by atoms with Crippen molar-refractivity contribution in [1.82, 2.24) is 10.3 Å². The molecule has 2 heterocycles.